The molecule has 1 spiro atoms. The van der Waals surface area contributed by atoms with Crippen molar-refractivity contribution in [1.82, 2.24) is 20.1 Å². The van der Waals surface area contributed by atoms with Crippen molar-refractivity contribution in [3.05, 3.63) is 23.9 Å². The molecule has 7 nitrogen and oxygen atoms in total. The van der Waals surface area contributed by atoms with Crippen molar-refractivity contribution >= 4 is 11.8 Å². The monoisotopic (exact) mass is 386 g/mol. The molecule has 3 aliphatic rings. The van der Waals surface area contributed by atoms with Crippen LogP contribution in [-0.2, 0) is 11.3 Å². The fourth-order valence-corrected chi connectivity index (χ4v) is 4.45. The summed E-state index contributed by atoms with van der Waals surface area (Å²) in [4.78, 5) is 16.7. The van der Waals surface area contributed by atoms with Gasteiger partial charge in [-0.2, -0.15) is 0 Å². The molecule has 0 bridgehead atoms. The van der Waals surface area contributed by atoms with E-state index >= 15 is 0 Å². The molecule has 154 valence electrons. The van der Waals surface area contributed by atoms with E-state index in [2.05, 4.69) is 51.1 Å². The zero-order valence-electron chi connectivity index (χ0n) is 17.4. The van der Waals surface area contributed by atoms with Crippen LogP contribution in [0.15, 0.2) is 23.3 Å². The second-order valence-electron chi connectivity index (χ2n) is 8.46. The van der Waals surface area contributed by atoms with Gasteiger partial charge in [-0.1, -0.05) is 0 Å². The highest BCUT2D eigenvalue weighted by Gasteiger charge is 2.42. The molecule has 0 saturated carbocycles. The summed E-state index contributed by atoms with van der Waals surface area (Å²) < 4.78 is 5.68. The maximum atomic E-state index is 5.68. The van der Waals surface area contributed by atoms with Gasteiger partial charge in [-0.05, 0) is 44.5 Å². The summed E-state index contributed by atoms with van der Waals surface area (Å²) in [7, 11) is 2.18. The number of piperazine rings is 1. The Morgan fingerprint density at radius 3 is 2.86 bits per heavy atom. The largest absolute Gasteiger partial charge is 0.381 e. The summed E-state index contributed by atoms with van der Waals surface area (Å²) >= 11 is 0. The fraction of sp³-hybridized carbons (Fsp3) is 0.714. The Balaban J connectivity index is 1.42. The molecule has 0 amide bonds. The van der Waals surface area contributed by atoms with E-state index in [4.69, 9.17) is 9.73 Å². The molecular formula is C21H34N6O. The van der Waals surface area contributed by atoms with Gasteiger partial charge in [-0.3, -0.25) is 0 Å². The molecule has 1 atom stereocenters. The van der Waals surface area contributed by atoms with Crippen molar-refractivity contribution < 1.29 is 4.74 Å². The van der Waals surface area contributed by atoms with Crippen LogP contribution in [0.2, 0.25) is 0 Å². The summed E-state index contributed by atoms with van der Waals surface area (Å²) in [6.07, 6.45) is 4.31. The van der Waals surface area contributed by atoms with Gasteiger partial charge in [0.15, 0.2) is 5.96 Å². The number of aromatic nitrogens is 1. The van der Waals surface area contributed by atoms with Gasteiger partial charge in [0, 0.05) is 64.0 Å². The number of likely N-dealkylation sites (N-methyl/N-ethyl adjacent to an activating group) is 1. The van der Waals surface area contributed by atoms with Crippen LogP contribution in [0.5, 0.6) is 0 Å². The Morgan fingerprint density at radius 2 is 2.11 bits per heavy atom. The number of aliphatic imine (C=N–C) groups is 1. The van der Waals surface area contributed by atoms with E-state index in [0.29, 0.717) is 12.0 Å². The van der Waals surface area contributed by atoms with Crippen LogP contribution in [0.3, 0.4) is 0 Å². The fourth-order valence-electron chi connectivity index (χ4n) is 4.45. The van der Waals surface area contributed by atoms with Gasteiger partial charge in [0.1, 0.15) is 5.82 Å². The summed E-state index contributed by atoms with van der Waals surface area (Å²) in [5.74, 6) is 2.11. The third-order valence-electron chi connectivity index (χ3n) is 6.31. The number of guanidine groups is 1. The summed E-state index contributed by atoms with van der Waals surface area (Å²) in [5, 5.41) is 3.49. The third kappa shape index (κ3) is 4.41. The van der Waals surface area contributed by atoms with Crippen LogP contribution in [0.25, 0.3) is 0 Å². The normalized spacial score (nSPS) is 26.4. The number of nitrogens with zero attached hydrogens (tertiary/aromatic N) is 5. The quantitative estimate of drug-likeness (QED) is 0.624. The van der Waals surface area contributed by atoms with Crippen molar-refractivity contribution in [3.8, 4) is 0 Å². The van der Waals surface area contributed by atoms with Crippen molar-refractivity contribution in [3.63, 3.8) is 0 Å². The number of hydrogen-bond acceptors (Lipinski definition) is 5. The predicted octanol–water partition coefficient (Wildman–Crippen LogP) is 1.41. The highest BCUT2D eigenvalue weighted by molar-refractivity contribution is 5.80. The van der Waals surface area contributed by atoms with Gasteiger partial charge in [-0.15, -0.1) is 0 Å². The Morgan fingerprint density at radius 1 is 1.25 bits per heavy atom. The van der Waals surface area contributed by atoms with E-state index in [1.807, 2.05) is 6.20 Å². The Labute approximate surface area is 168 Å². The van der Waals surface area contributed by atoms with Crippen LogP contribution in [0.4, 0.5) is 5.82 Å². The zero-order valence-corrected chi connectivity index (χ0v) is 17.4. The van der Waals surface area contributed by atoms with Crippen LogP contribution < -0.4 is 10.2 Å². The summed E-state index contributed by atoms with van der Waals surface area (Å²) in [5.41, 5.74) is 1.57. The number of ether oxygens (including phenoxy) is 1. The molecule has 3 fully saturated rings. The minimum absolute atomic E-state index is 0.349. The average molecular weight is 387 g/mol. The lowest BCUT2D eigenvalue weighted by molar-refractivity contribution is 0.156. The summed E-state index contributed by atoms with van der Waals surface area (Å²) in [6, 6.07) is 4.29. The topological polar surface area (TPSA) is 56.2 Å². The molecule has 3 saturated heterocycles. The van der Waals surface area contributed by atoms with E-state index in [9.17, 15) is 0 Å². The smallest absolute Gasteiger partial charge is 0.194 e. The summed E-state index contributed by atoms with van der Waals surface area (Å²) in [6.45, 7) is 11.9. The van der Waals surface area contributed by atoms with Crippen LogP contribution >= 0.6 is 0 Å². The minimum atomic E-state index is 0.349. The molecule has 4 heterocycles. The van der Waals surface area contributed by atoms with Gasteiger partial charge < -0.3 is 24.8 Å². The van der Waals surface area contributed by atoms with Crippen LogP contribution in [-0.4, -0.2) is 86.8 Å². The first-order valence-corrected chi connectivity index (χ1v) is 10.7. The number of pyridine rings is 1. The number of hydrogen-bond donors (Lipinski definition) is 1. The van der Waals surface area contributed by atoms with Crippen molar-refractivity contribution in [2.75, 3.05) is 71.0 Å². The van der Waals surface area contributed by atoms with E-state index in [1.54, 1.807) is 0 Å². The zero-order chi connectivity index (χ0) is 19.4. The lowest BCUT2D eigenvalue weighted by atomic mass is 9.87. The molecule has 28 heavy (non-hydrogen) atoms. The van der Waals surface area contributed by atoms with Crippen molar-refractivity contribution in [2.24, 2.45) is 10.4 Å². The Kier molecular flexibility index (Phi) is 6.01. The second-order valence-corrected chi connectivity index (χ2v) is 8.46. The Bertz CT molecular complexity index is 679. The van der Waals surface area contributed by atoms with Crippen LogP contribution in [0, 0.1) is 5.41 Å². The maximum Gasteiger partial charge on any atom is 0.194 e. The van der Waals surface area contributed by atoms with Crippen molar-refractivity contribution in [2.45, 2.75) is 26.3 Å². The first-order valence-electron chi connectivity index (χ1n) is 10.7. The standard InChI is InChI=1S/C21H34N6O/c1-3-22-20(27-8-5-21(16-27)6-13-28-17-21)24-15-18-4-7-23-19(14-18)26-11-9-25(2)10-12-26/h4,7,14H,3,5-6,8-13,15-17H2,1-2H3,(H,22,24). The van der Waals surface area contributed by atoms with E-state index in [0.717, 1.165) is 70.8 Å². The molecule has 1 unspecified atom stereocenters. The molecule has 0 aliphatic carbocycles. The van der Waals surface area contributed by atoms with E-state index in [-0.39, 0.29) is 0 Å². The molecular weight excluding hydrogens is 352 g/mol. The third-order valence-corrected chi connectivity index (χ3v) is 6.31. The first-order chi connectivity index (χ1) is 13.7. The molecule has 4 rings (SSSR count). The van der Waals surface area contributed by atoms with Gasteiger partial charge in [0.05, 0.1) is 13.2 Å². The highest BCUT2D eigenvalue weighted by Crippen LogP contribution is 2.38. The number of likely N-dealkylation sites (tertiary alicyclic amines) is 1. The first kappa shape index (κ1) is 19.5. The van der Waals surface area contributed by atoms with Gasteiger partial charge in [-0.25, -0.2) is 9.98 Å². The lowest BCUT2D eigenvalue weighted by Gasteiger charge is -2.33. The molecule has 1 N–H and O–H groups in total. The molecule has 0 aromatic carbocycles. The molecule has 3 aliphatic heterocycles. The number of anilines is 1. The predicted molar refractivity (Wildman–Crippen MR) is 113 cm³/mol. The maximum absolute atomic E-state index is 5.68. The van der Waals surface area contributed by atoms with E-state index in [1.165, 1.54) is 18.4 Å². The highest BCUT2D eigenvalue weighted by atomic mass is 16.5. The van der Waals surface area contributed by atoms with Gasteiger partial charge in [0.25, 0.3) is 0 Å². The van der Waals surface area contributed by atoms with Gasteiger partial charge in [0.2, 0.25) is 0 Å². The van der Waals surface area contributed by atoms with Gasteiger partial charge >= 0.3 is 0 Å². The molecule has 1 aromatic rings. The molecule has 0 radical (unpaired) electrons. The number of nitrogens with one attached hydrogen (secondary N) is 1. The lowest BCUT2D eigenvalue weighted by Crippen LogP contribution is -2.44. The minimum Gasteiger partial charge on any atom is -0.381 e. The molecule has 7 heteroatoms. The van der Waals surface area contributed by atoms with E-state index < -0.39 is 0 Å². The molecule has 1 aromatic heterocycles. The average Bonchev–Trinajstić information content (AvgIpc) is 3.36. The van der Waals surface area contributed by atoms with Crippen molar-refractivity contribution in [1.29, 1.82) is 0 Å². The number of rotatable bonds is 4. The second kappa shape index (κ2) is 8.66. The van der Waals surface area contributed by atoms with Crippen LogP contribution in [0.1, 0.15) is 25.3 Å². The Hall–Kier alpha value is -1.86. The SMILES string of the molecule is CCNC(=NCc1ccnc(N2CCN(C)CC2)c1)N1CCC2(CCOC2)C1.